The number of anilines is 1. The first-order valence-electron chi connectivity index (χ1n) is 10.2. The highest BCUT2D eigenvalue weighted by atomic mass is 32.1. The fourth-order valence-corrected chi connectivity index (χ4v) is 4.98. The fourth-order valence-electron chi connectivity index (χ4n) is 3.67. The van der Waals surface area contributed by atoms with Crippen LogP contribution in [-0.2, 0) is 19.4 Å². The first kappa shape index (κ1) is 20.1. The number of carbonyl (C=O) groups is 1. The highest BCUT2D eigenvalue weighted by Crippen LogP contribution is 2.38. The molecule has 0 radical (unpaired) electrons. The lowest BCUT2D eigenvalue weighted by atomic mass is 9.95. The fraction of sp³-hybridized carbons (Fsp3) is 0.500. The smallest absolute Gasteiger partial charge is 0.256 e. The first-order valence-corrected chi connectivity index (χ1v) is 11.0. The molecule has 146 valence electrons. The van der Waals surface area contributed by atoms with E-state index >= 15 is 0 Å². The van der Waals surface area contributed by atoms with E-state index in [2.05, 4.69) is 29.4 Å². The van der Waals surface area contributed by atoms with Crippen LogP contribution in [0.3, 0.4) is 0 Å². The Bertz CT molecular complexity index is 738. The molecule has 0 atom stereocenters. The maximum atomic E-state index is 12.6. The molecule has 27 heavy (non-hydrogen) atoms. The van der Waals surface area contributed by atoms with Crippen LogP contribution in [0, 0.1) is 0 Å². The summed E-state index contributed by atoms with van der Waals surface area (Å²) in [4.78, 5) is 16.5. The minimum absolute atomic E-state index is 0.0152. The van der Waals surface area contributed by atoms with Crippen molar-refractivity contribution in [1.82, 2.24) is 10.2 Å². The highest BCUT2D eigenvalue weighted by molar-refractivity contribution is 7.16. The third-order valence-corrected chi connectivity index (χ3v) is 6.59. The van der Waals surface area contributed by atoms with Crippen molar-refractivity contribution in [3.63, 3.8) is 0 Å². The highest BCUT2D eigenvalue weighted by Gasteiger charge is 2.21. The van der Waals surface area contributed by atoms with E-state index < -0.39 is 0 Å². The molecule has 1 heterocycles. The van der Waals surface area contributed by atoms with Crippen LogP contribution >= 0.6 is 11.3 Å². The summed E-state index contributed by atoms with van der Waals surface area (Å²) in [6, 6.07) is 9.48. The van der Waals surface area contributed by atoms with E-state index in [0.717, 1.165) is 50.6 Å². The molecule has 1 aliphatic carbocycles. The van der Waals surface area contributed by atoms with Crippen LogP contribution in [0.25, 0.3) is 0 Å². The van der Waals surface area contributed by atoms with Gasteiger partial charge in [0, 0.05) is 35.6 Å². The van der Waals surface area contributed by atoms with E-state index in [0.29, 0.717) is 5.56 Å². The number of aryl methyl sites for hydroxylation is 1. The number of carbonyl (C=O) groups excluding carboxylic acids is 1. The number of rotatable bonds is 9. The second-order valence-electron chi connectivity index (χ2n) is 7.04. The molecule has 0 saturated carbocycles. The molecule has 4 nitrogen and oxygen atoms in total. The van der Waals surface area contributed by atoms with Crippen LogP contribution in [-0.4, -0.2) is 37.0 Å². The second kappa shape index (κ2) is 10.0. The van der Waals surface area contributed by atoms with Gasteiger partial charge in [-0.05, 0) is 56.5 Å². The van der Waals surface area contributed by atoms with Gasteiger partial charge in [-0.3, -0.25) is 4.79 Å². The molecule has 0 spiro atoms. The number of thiophene rings is 1. The molecule has 1 aromatic carbocycles. The molecule has 5 heteroatoms. The summed E-state index contributed by atoms with van der Waals surface area (Å²) in [7, 11) is 0. The van der Waals surface area contributed by atoms with E-state index in [1.54, 1.807) is 11.3 Å². The average molecular weight is 386 g/mol. The minimum Gasteiger partial charge on any atom is -0.313 e. The molecule has 1 amide bonds. The molecule has 3 rings (SSSR count). The van der Waals surface area contributed by atoms with Crippen LogP contribution in [0.1, 0.15) is 53.1 Å². The quantitative estimate of drug-likeness (QED) is 0.632. The van der Waals surface area contributed by atoms with Gasteiger partial charge < -0.3 is 15.5 Å². The number of hydrogen-bond donors (Lipinski definition) is 2. The Labute approximate surface area is 167 Å². The zero-order valence-corrected chi connectivity index (χ0v) is 17.3. The molecule has 0 unspecified atom stereocenters. The number of nitrogens with zero attached hydrogens (tertiary/aromatic N) is 1. The maximum absolute atomic E-state index is 12.6. The summed E-state index contributed by atoms with van der Waals surface area (Å²) >= 11 is 1.78. The van der Waals surface area contributed by atoms with Crippen LogP contribution in [0.4, 0.5) is 5.00 Å². The predicted molar refractivity (Wildman–Crippen MR) is 115 cm³/mol. The SMILES string of the molecule is CCN(CC)CCNCc1c(NC(=O)c2ccccc2)sc2c1CCCC2. The van der Waals surface area contributed by atoms with Gasteiger partial charge in [-0.2, -0.15) is 0 Å². The van der Waals surface area contributed by atoms with Gasteiger partial charge in [0.05, 0.1) is 0 Å². The number of amides is 1. The molecule has 0 saturated heterocycles. The van der Waals surface area contributed by atoms with Gasteiger partial charge in [0.1, 0.15) is 5.00 Å². The number of fused-ring (bicyclic) bond motifs is 1. The lowest BCUT2D eigenvalue weighted by molar-refractivity contribution is 0.102. The molecular formula is C22H31N3OS. The molecule has 0 fully saturated rings. The second-order valence-corrected chi connectivity index (χ2v) is 8.15. The Morgan fingerprint density at radius 3 is 2.59 bits per heavy atom. The van der Waals surface area contributed by atoms with Gasteiger partial charge in [-0.1, -0.05) is 32.0 Å². The number of nitrogens with one attached hydrogen (secondary N) is 2. The third kappa shape index (κ3) is 5.18. The Morgan fingerprint density at radius 2 is 1.85 bits per heavy atom. The van der Waals surface area contributed by atoms with Crippen molar-refractivity contribution < 1.29 is 4.79 Å². The maximum Gasteiger partial charge on any atom is 0.256 e. The summed E-state index contributed by atoms with van der Waals surface area (Å²) in [5, 5.41) is 7.82. The third-order valence-electron chi connectivity index (χ3n) is 5.34. The summed E-state index contributed by atoms with van der Waals surface area (Å²) in [5.74, 6) is -0.0152. The molecule has 0 aliphatic heterocycles. The zero-order valence-electron chi connectivity index (χ0n) is 16.5. The average Bonchev–Trinajstić information content (AvgIpc) is 3.06. The summed E-state index contributed by atoms with van der Waals surface area (Å²) in [6.45, 7) is 9.45. The van der Waals surface area contributed by atoms with Gasteiger partial charge >= 0.3 is 0 Å². The van der Waals surface area contributed by atoms with Crippen molar-refractivity contribution in [2.75, 3.05) is 31.5 Å². The Kier molecular flexibility index (Phi) is 7.44. The Morgan fingerprint density at radius 1 is 1.11 bits per heavy atom. The predicted octanol–water partition coefficient (Wildman–Crippen LogP) is 4.31. The molecule has 1 aliphatic rings. The first-order chi connectivity index (χ1) is 13.2. The van der Waals surface area contributed by atoms with Crippen molar-refractivity contribution in [3.8, 4) is 0 Å². The van der Waals surface area contributed by atoms with Crippen LogP contribution < -0.4 is 10.6 Å². The lowest BCUT2D eigenvalue weighted by Crippen LogP contribution is -2.31. The molecular weight excluding hydrogens is 354 g/mol. The number of likely N-dealkylation sites (N-methyl/N-ethyl adjacent to an activating group) is 1. The van der Waals surface area contributed by atoms with Gasteiger partial charge in [-0.25, -0.2) is 0 Å². The lowest BCUT2D eigenvalue weighted by Gasteiger charge is -2.19. The Hall–Kier alpha value is -1.69. The molecule has 1 aromatic heterocycles. The van der Waals surface area contributed by atoms with Gasteiger partial charge in [0.15, 0.2) is 0 Å². The number of benzene rings is 1. The summed E-state index contributed by atoms with van der Waals surface area (Å²) in [6.07, 6.45) is 4.80. The van der Waals surface area contributed by atoms with E-state index in [9.17, 15) is 4.79 Å². The van der Waals surface area contributed by atoms with Gasteiger partial charge in [0.2, 0.25) is 0 Å². The van der Waals surface area contributed by atoms with E-state index in [1.807, 2.05) is 30.3 Å². The minimum atomic E-state index is -0.0152. The van der Waals surface area contributed by atoms with Crippen molar-refractivity contribution in [1.29, 1.82) is 0 Å². The normalized spacial score (nSPS) is 13.6. The van der Waals surface area contributed by atoms with Gasteiger partial charge in [0.25, 0.3) is 5.91 Å². The van der Waals surface area contributed by atoms with E-state index in [-0.39, 0.29) is 5.91 Å². The van der Waals surface area contributed by atoms with Crippen LogP contribution in [0.5, 0.6) is 0 Å². The van der Waals surface area contributed by atoms with Crippen molar-refractivity contribution in [2.24, 2.45) is 0 Å². The monoisotopic (exact) mass is 385 g/mol. The molecule has 2 N–H and O–H groups in total. The zero-order chi connectivity index (χ0) is 19.1. The van der Waals surface area contributed by atoms with Crippen molar-refractivity contribution >= 4 is 22.2 Å². The van der Waals surface area contributed by atoms with E-state index in [4.69, 9.17) is 0 Å². The van der Waals surface area contributed by atoms with Gasteiger partial charge in [-0.15, -0.1) is 11.3 Å². The molecule has 2 aromatic rings. The summed E-state index contributed by atoms with van der Waals surface area (Å²) in [5.41, 5.74) is 3.49. The van der Waals surface area contributed by atoms with Crippen LogP contribution in [0.2, 0.25) is 0 Å². The molecule has 0 bridgehead atoms. The van der Waals surface area contributed by atoms with Crippen molar-refractivity contribution in [3.05, 3.63) is 51.9 Å². The van der Waals surface area contributed by atoms with Crippen molar-refractivity contribution in [2.45, 2.75) is 46.1 Å². The largest absolute Gasteiger partial charge is 0.313 e. The number of hydrogen-bond acceptors (Lipinski definition) is 4. The van der Waals surface area contributed by atoms with E-state index in [1.165, 1.54) is 28.8 Å². The summed E-state index contributed by atoms with van der Waals surface area (Å²) < 4.78 is 0. The Balaban J connectivity index is 1.69. The topological polar surface area (TPSA) is 44.4 Å². The standard InChI is InChI=1S/C22H31N3OS/c1-3-25(4-2)15-14-23-16-19-18-12-8-9-13-20(18)27-22(19)24-21(26)17-10-6-5-7-11-17/h5-7,10-11,23H,3-4,8-9,12-16H2,1-2H3,(H,24,26). The van der Waals surface area contributed by atoms with Crippen LogP contribution in [0.15, 0.2) is 30.3 Å².